The van der Waals surface area contributed by atoms with Crippen LogP contribution in [0.4, 0.5) is 5.13 Å². The van der Waals surface area contributed by atoms with E-state index in [4.69, 9.17) is 15.2 Å². The van der Waals surface area contributed by atoms with Gasteiger partial charge in [-0.25, -0.2) is 4.98 Å². The lowest BCUT2D eigenvalue weighted by molar-refractivity contribution is 0.324. The first-order valence-electron chi connectivity index (χ1n) is 5.34. The first-order valence-corrected chi connectivity index (χ1v) is 6.16. The number of nitrogen functional groups attached to an aromatic ring is 1. The van der Waals surface area contributed by atoms with Crippen LogP contribution in [-0.4, -0.2) is 18.7 Å². The van der Waals surface area contributed by atoms with E-state index >= 15 is 0 Å². The van der Waals surface area contributed by atoms with E-state index in [-0.39, 0.29) is 0 Å². The Morgan fingerprint density at radius 3 is 3.18 bits per heavy atom. The number of rotatable bonds is 1. The Morgan fingerprint density at radius 1 is 1.47 bits per heavy atom. The number of nitrogens with two attached hydrogens (primary N) is 1. The van der Waals surface area contributed by atoms with Crippen molar-refractivity contribution in [3.8, 4) is 22.8 Å². The predicted molar refractivity (Wildman–Crippen MR) is 67.7 cm³/mol. The largest absolute Gasteiger partial charge is 0.497 e. The standard InChI is InChI=1S/C12H12N2O2S/c1-15-7-2-3-8-9(6-7)16-5-4-10-11(8)14-12(13)17-10/h2-3,6H,4-5H2,1H3,(H2,13,14). The van der Waals surface area contributed by atoms with E-state index < -0.39 is 0 Å². The lowest BCUT2D eigenvalue weighted by Gasteiger charge is -2.08. The second kappa shape index (κ2) is 3.92. The molecule has 0 fully saturated rings. The number of methoxy groups -OCH3 is 1. The number of nitrogens with zero attached hydrogens (tertiary/aromatic N) is 1. The molecule has 0 amide bonds. The highest BCUT2D eigenvalue weighted by atomic mass is 32.1. The molecule has 0 radical (unpaired) electrons. The molecule has 1 aliphatic rings. The minimum absolute atomic E-state index is 0.610. The number of hydrogen-bond donors (Lipinski definition) is 1. The van der Waals surface area contributed by atoms with Gasteiger partial charge in [-0.15, -0.1) is 11.3 Å². The maximum atomic E-state index is 5.76. The topological polar surface area (TPSA) is 57.4 Å². The molecule has 5 heteroatoms. The Labute approximate surface area is 103 Å². The molecule has 1 aromatic carbocycles. The molecule has 0 atom stereocenters. The first-order chi connectivity index (χ1) is 8.28. The van der Waals surface area contributed by atoms with Gasteiger partial charge >= 0.3 is 0 Å². The van der Waals surface area contributed by atoms with Gasteiger partial charge in [-0.05, 0) is 12.1 Å². The summed E-state index contributed by atoms with van der Waals surface area (Å²) in [4.78, 5) is 5.57. The molecular weight excluding hydrogens is 236 g/mol. The molecule has 3 rings (SSSR count). The van der Waals surface area contributed by atoms with Gasteiger partial charge in [0.05, 0.1) is 19.4 Å². The second-order valence-corrected chi connectivity index (χ2v) is 4.90. The summed E-state index contributed by atoms with van der Waals surface area (Å²) >= 11 is 1.53. The van der Waals surface area contributed by atoms with E-state index in [0.717, 1.165) is 29.2 Å². The summed E-state index contributed by atoms with van der Waals surface area (Å²) in [6.45, 7) is 0.648. The zero-order chi connectivity index (χ0) is 11.8. The third kappa shape index (κ3) is 1.72. The molecule has 2 N–H and O–H groups in total. The fourth-order valence-corrected chi connectivity index (χ4v) is 2.78. The summed E-state index contributed by atoms with van der Waals surface area (Å²) in [7, 11) is 1.64. The summed E-state index contributed by atoms with van der Waals surface area (Å²) in [5, 5.41) is 0.610. The van der Waals surface area contributed by atoms with Gasteiger partial charge < -0.3 is 15.2 Å². The van der Waals surface area contributed by atoms with Gasteiger partial charge in [0.25, 0.3) is 0 Å². The highest BCUT2D eigenvalue weighted by Crippen LogP contribution is 2.39. The van der Waals surface area contributed by atoms with Crippen LogP contribution in [0.15, 0.2) is 18.2 Å². The van der Waals surface area contributed by atoms with Crippen molar-refractivity contribution in [3.05, 3.63) is 23.1 Å². The van der Waals surface area contributed by atoms with Gasteiger partial charge in [0, 0.05) is 22.9 Å². The monoisotopic (exact) mass is 248 g/mol. The maximum absolute atomic E-state index is 5.76. The Bertz CT molecular complexity index is 566. The molecule has 1 aliphatic heterocycles. The summed E-state index contributed by atoms with van der Waals surface area (Å²) in [6, 6.07) is 5.77. The summed E-state index contributed by atoms with van der Waals surface area (Å²) in [5.41, 5.74) is 7.70. The van der Waals surface area contributed by atoms with E-state index in [0.29, 0.717) is 11.7 Å². The summed E-state index contributed by atoms with van der Waals surface area (Å²) < 4.78 is 10.9. The molecule has 4 nitrogen and oxygen atoms in total. The highest BCUT2D eigenvalue weighted by molar-refractivity contribution is 7.15. The Kier molecular flexibility index (Phi) is 2.40. The van der Waals surface area contributed by atoms with Crippen molar-refractivity contribution in [2.75, 3.05) is 19.5 Å². The summed E-state index contributed by atoms with van der Waals surface area (Å²) in [6.07, 6.45) is 0.848. The summed E-state index contributed by atoms with van der Waals surface area (Å²) in [5.74, 6) is 1.60. The molecule has 0 unspecified atom stereocenters. The van der Waals surface area contributed by atoms with Crippen molar-refractivity contribution in [2.24, 2.45) is 0 Å². The van der Waals surface area contributed by atoms with Crippen molar-refractivity contribution < 1.29 is 9.47 Å². The Balaban J connectivity index is 2.18. The van der Waals surface area contributed by atoms with Gasteiger partial charge in [0.1, 0.15) is 11.5 Å². The maximum Gasteiger partial charge on any atom is 0.180 e. The predicted octanol–water partition coefficient (Wildman–Crippen LogP) is 2.34. The Morgan fingerprint density at radius 2 is 2.35 bits per heavy atom. The smallest absolute Gasteiger partial charge is 0.180 e. The van der Waals surface area contributed by atoms with Gasteiger partial charge in [0.2, 0.25) is 0 Å². The molecular formula is C12H12N2O2S. The van der Waals surface area contributed by atoms with Crippen LogP contribution < -0.4 is 15.2 Å². The molecule has 0 aliphatic carbocycles. The first kappa shape index (κ1) is 10.4. The fraction of sp³-hybridized carbons (Fsp3) is 0.250. The minimum atomic E-state index is 0.610. The molecule has 0 saturated heterocycles. The molecule has 2 heterocycles. The van der Waals surface area contributed by atoms with Gasteiger partial charge in [-0.1, -0.05) is 0 Å². The van der Waals surface area contributed by atoms with Crippen LogP contribution in [0, 0.1) is 0 Å². The fourth-order valence-electron chi connectivity index (χ4n) is 1.95. The molecule has 88 valence electrons. The van der Waals surface area contributed by atoms with Crippen LogP contribution in [0.2, 0.25) is 0 Å². The molecule has 0 saturated carbocycles. The van der Waals surface area contributed by atoms with Crippen LogP contribution in [0.5, 0.6) is 11.5 Å². The molecule has 0 bridgehead atoms. The molecule has 2 aromatic rings. The Hall–Kier alpha value is -1.75. The third-order valence-electron chi connectivity index (χ3n) is 2.74. The van der Waals surface area contributed by atoms with E-state index in [1.165, 1.54) is 16.2 Å². The molecule has 17 heavy (non-hydrogen) atoms. The number of aromatic nitrogens is 1. The van der Waals surface area contributed by atoms with Crippen LogP contribution >= 0.6 is 11.3 Å². The van der Waals surface area contributed by atoms with Crippen molar-refractivity contribution in [3.63, 3.8) is 0 Å². The van der Waals surface area contributed by atoms with Crippen molar-refractivity contribution in [1.82, 2.24) is 4.98 Å². The average molecular weight is 248 g/mol. The van der Waals surface area contributed by atoms with E-state index in [9.17, 15) is 0 Å². The SMILES string of the molecule is COc1ccc2c(c1)OCCc1sc(N)nc1-2. The van der Waals surface area contributed by atoms with Gasteiger partial charge in [0.15, 0.2) is 5.13 Å². The normalized spacial score (nSPS) is 13.2. The lowest BCUT2D eigenvalue weighted by Crippen LogP contribution is -1.98. The van der Waals surface area contributed by atoms with Crippen molar-refractivity contribution in [2.45, 2.75) is 6.42 Å². The lowest BCUT2D eigenvalue weighted by atomic mass is 10.1. The average Bonchev–Trinajstić information content (AvgIpc) is 2.62. The van der Waals surface area contributed by atoms with Crippen LogP contribution in [0.25, 0.3) is 11.3 Å². The minimum Gasteiger partial charge on any atom is -0.497 e. The molecule has 1 aromatic heterocycles. The van der Waals surface area contributed by atoms with E-state index in [1.807, 2.05) is 18.2 Å². The van der Waals surface area contributed by atoms with Crippen LogP contribution in [0.1, 0.15) is 4.88 Å². The number of thiazole rings is 1. The zero-order valence-electron chi connectivity index (χ0n) is 9.40. The second-order valence-electron chi connectivity index (χ2n) is 3.78. The van der Waals surface area contributed by atoms with Gasteiger partial charge in [-0.3, -0.25) is 0 Å². The highest BCUT2D eigenvalue weighted by Gasteiger charge is 2.19. The quantitative estimate of drug-likeness (QED) is 0.841. The number of hydrogen-bond acceptors (Lipinski definition) is 5. The van der Waals surface area contributed by atoms with E-state index in [2.05, 4.69) is 4.98 Å². The van der Waals surface area contributed by atoms with Crippen molar-refractivity contribution >= 4 is 16.5 Å². The zero-order valence-corrected chi connectivity index (χ0v) is 10.2. The van der Waals surface area contributed by atoms with Crippen LogP contribution in [0.3, 0.4) is 0 Å². The van der Waals surface area contributed by atoms with E-state index in [1.54, 1.807) is 7.11 Å². The van der Waals surface area contributed by atoms with Crippen molar-refractivity contribution in [1.29, 1.82) is 0 Å². The van der Waals surface area contributed by atoms with Gasteiger partial charge in [-0.2, -0.15) is 0 Å². The number of ether oxygens (including phenoxy) is 2. The van der Waals surface area contributed by atoms with Crippen LogP contribution in [-0.2, 0) is 6.42 Å². The molecule has 0 spiro atoms. The number of benzene rings is 1. The third-order valence-corrected chi connectivity index (χ3v) is 3.69. The number of fused-ring (bicyclic) bond motifs is 3. The number of anilines is 1.